The average molecular weight is 354 g/mol. The summed E-state index contributed by atoms with van der Waals surface area (Å²) in [5.41, 5.74) is -0.624. The number of rotatable bonds is 2. The standard InChI is InChI=1S/C17H23FN2O5/c1-17(2,3)25-16(23)20-7-5-19(6-8-20)13-10-14(21)11(9-12(13)18)15(22)24-4/h9-10,21H,5-8H2,1-4H3. The second-order valence-electron chi connectivity index (χ2n) is 6.77. The first kappa shape index (κ1) is 18.8. The zero-order valence-electron chi connectivity index (χ0n) is 14.8. The molecule has 0 aromatic heterocycles. The molecule has 7 nitrogen and oxygen atoms in total. The summed E-state index contributed by atoms with van der Waals surface area (Å²) in [6.07, 6.45) is -0.406. The van der Waals surface area contributed by atoms with Gasteiger partial charge in [0, 0.05) is 32.2 Å². The molecular weight excluding hydrogens is 331 g/mol. The van der Waals surface area contributed by atoms with E-state index in [1.807, 2.05) is 0 Å². The molecule has 1 aliphatic rings. The van der Waals surface area contributed by atoms with E-state index in [0.717, 1.165) is 13.2 Å². The van der Waals surface area contributed by atoms with Crippen molar-refractivity contribution in [3.05, 3.63) is 23.5 Å². The van der Waals surface area contributed by atoms with E-state index < -0.39 is 23.5 Å². The fourth-order valence-electron chi connectivity index (χ4n) is 2.52. The maximum atomic E-state index is 14.3. The molecule has 0 unspecified atom stereocenters. The van der Waals surface area contributed by atoms with Crippen LogP contribution in [-0.2, 0) is 9.47 Å². The number of aromatic hydroxyl groups is 1. The lowest BCUT2D eigenvalue weighted by Crippen LogP contribution is -2.50. The van der Waals surface area contributed by atoms with Crippen LogP contribution in [0.15, 0.2) is 12.1 Å². The number of phenolic OH excluding ortho intramolecular Hbond substituents is 1. The van der Waals surface area contributed by atoms with Crippen molar-refractivity contribution < 1.29 is 28.6 Å². The Balaban J connectivity index is 2.07. The summed E-state index contributed by atoms with van der Waals surface area (Å²) < 4.78 is 24.1. The van der Waals surface area contributed by atoms with Gasteiger partial charge in [0.2, 0.25) is 0 Å². The lowest BCUT2D eigenvalue weighted by molar-refractivity contribution is 0.0240. The highest BCUT2D eigenvalue weighted by molar-refractivity contribution is 5.93. The van der Waals surface area contributed by atoms with Crippen LogP contribution in [-0.4, -0.2) is 61.0 Å². The highest BCUT2D eigenvalue weighted by atomic mass is 19.1. The summed E-state index contributed by atoms with van der Waals surface area (Å²) >= 11 is 0. The molecule has 1 amide bonds. The Kier molecular flexibility index (Phi) is 5.39. The highest BCUT2D eigenvalue weighted by Crippen LogP contribution is 2.29. The van der Waals surface area contributed by atoms with Gasteiger partial charge in [-0.3, -0.25) is 0 Å². The second kappa shape index (κ2) is 7.16. The molecule has 0 aliphatic carbocycles. The Morgan fingerprint density at radius 3 is 2.28 bits per heavy atom. The van der Waals surface area contributed by atoms with Crippen molar-refractivity contribution in [2.45, 2.75) is 26.4 Å². The van der Waals surface area contributed by atoms with Crippen LogP contribution in [0.4, 0.5) is 14.9 Å². The van der Waals surface area contributed by atoms with E-state index in [-0.39, 0.29) is 17.0 Å². The van der Waals surface area contributed by atoms with Gasteiger partial charge in [-0.2, -0.15) is 0 Å². The van der Waals surface area contributed by atoms with Gasteiger partial charge >= 0.3 is 12.1 Å². The third-order valence-corrected chi connectivity index (χ3v) is 3.74. The lowest BCUT2D eigenvalue weighted by Gasteiger charge is -2.36. The Hall–Kier alpha value is -2.51. The maximum Gasteiger partial charge on any atom is 0.410 e. The first-order valence-electron chi connectivity index (χ1n) is 7.96. The molecule has 1 aromatic carbocycles. The SMILES string of the molecule is COC(=O)c1cc(F)c(N2CCN(C(=O)OC(C)(C)C)CC2)cc1O. The van der Waals surface area contributed by atoms with Gasteiger partial charge in [-0.25, -0.2) is 14.0 Å². The summed E-state index contributed by atoms with van der Waals surface area (Å²) in [6.45, 7) is 6.88. The molecule has 25 heavy (non-hydrogen) atoms. The Morgan fingerprint density at radius 2 is 1.76 bits per heavy atom. The molecule has 1 saturated heterocycles. The third kappa shape index (κ3) is 4.52. The number of hydrogen-bond acceptors (Lipinski definition) is 6. The summed E-state index contributed by atoms with van der Waals surface area (Å²) in [4.78, 5) is 26.8. The number of carbonyl (C=O) groups is 2. The number of carbonyl (C=O) groups excluding carboxylic acids is 2. The van der Waals surface area contributed by atoms with Gasteiger partial charge in [0.1, 0.15) is 22.7 Å². The zero-order chi connectivity index (χ0) is 18.8. The monoisotopic (exact) mass is 354 g/mol. The summed E-state index contributed by atoms with van der Waals surface area (Å²) in [6, 6.07) is 2.15. The number of hydrogen-bond donors (Lipinski definition) is 1. The molecule has 1 N–H and O–H groups in total. The second-order valence-corrected chi connectivity index (χ2v) is 6.77. The largest absolute Gasteiger partial charge is 0.507 e. The van der Waals surface area contributed by atoms with Crippen molar-refractivity contribution >= 4 is 17.7 Å². The quantitative estimate of drug-likeness (QED) is 0.822. The predicted molar refractivity (Wildman–Crippen MR) is 89.4 cm³/mol. The highest BCUT2D eigenvalue weighted by Gasteiger charge is 2.27. The molecule has 0 spiro atoms. The van der Waals surface area contributed by atoms with Gasteiger partial charge in [0.25, 0.3) is 0 Å². The summed E-state index contributed by atoms with van der Waals surface area (Å²) in [7, 11) is 1.16. The van der Waals surface area contributed by atoms with Crippen LogP contribution in [0.3, 0.4) is 0 Å². The van der Waals surface area contributed by atoms with Crippen LogP contribution in [0, 0.1) is 5.82 Å². The van der Waals surface area contributed by atoms with E-state index in [1.54, 1.807) is 30.6 Å². The number of ether oxygens (including phenoxy) is 2. The Morgan fingerprint density at radius 1 is 1.16 bits per heavy atom. The molecule has 8 heteroatoms. The average Bonchev–Trinajstić information content (AvgIpc) is 2.54. The molecule has 0 atom stereocenters. The predicted octanol–water partition coefficient (Wildman–Crippen LogP) is 2.38. The first-order chi connectivity index (χ1) is 11.6. The molecule has 138 valence electrons. The van der Waals surface area contributed by atoms with Gasteiger partial charge in [-0.1, -0.05) is 0 Å². The lowest BCUT2D eigenvalue weighted by atomic mass is 10.1. The van der Waals surface area contributed by atoms with Crippen molar-refractivity contribution in [3.8, 4) is 5.75 Å². The molecular formula is C17H23FN2O5. The Bertz CT molecular complexity index is 664. The smallest absolute Gasteiger partial charge is 0.410 e. The minimum Gasteiger partial charge on any atom is -0.507 e. The van der Waals surface area contributed by atoms with Crippen molar-refractivity contribution in [2.24, 2.45) is 0 Å². The van der Waals surface area contributed by atoms with E-state index in [9.17, 15) is 19.1 Å². The van der Waals surface area contributed by atoms with Gasteiger partial charge in [0.15, 0.2) is 0 Å². The first-order valence-corrected chi connectivity index (χ1v) is 7.96. The Labute approximate surface area is 145 Å². The van der Waals surface area contributed by atoms with Crippen LogP contribution in [0.2, 0.25) is 0 Å². The number of piperazine rings is 1. The molecule has 1 aliphatic heterocycles. The number of halogens is 1. The van der Waals surface area contributed by atoms with Crippen molar-refractivity contribution in [1.82, 2.24) is 4.90 Å². The number of methoxy groups -OCH3 is 1. The van der Waals surface area contributed by atoms with E-state index >= 15 is 0 Å². The summed E-state index contributed by atoms with van der Waals surface area (Å²) in [5, 5.41) is 9.94. The van der Waals surface area contributed by atoms with Crippen molar-refractivity contribution in [1.29, 1.82) is 0 Å². The van der Waals surface area contributed by atoms with Crippen molar-refractivity contribution in [3.63, 3.8) is 0 Å². The maximum absolute atomic E-state index is 14.3. The van der Waals surface area contributed by atoms with E-state index in [0.29, 0.717) is 26.2 Å². The number of anilines is 1. The van der Waals surface area contributed by atoms with Crippen LogP contribution >= 0.6 is 0 Å². The van der Waals surface area contributed by atoms with Crippen molar-refractivity contribution in [2.75, 3.05) is 38.2 Å². The molecule has 1 heterocycles. The van der Waals surface area contributed by atoms with Crippen LogP contribution in [0.25, 0.3) is 0 Å². The minimum absolute atomic E-state index is 0.175. The topological polar surface area (TPSA) is 79.3 Å². The molecule has 0 saturated carbocycles. The van der Waals surface area contributed by atoms with E-state index in [1.165, 1.54) is 6.07 Å². The molecule has 0 radical (unpaired) electrons. The van der Waals surface area contributed by atoms with Gasteiger partial charge in [-0.05, 0) is 26.8 Å². The number of esters is 1. The number of benzene rings is 1. The van der Waals surface area contributed by atoms with E-state index in [2.05, 4.69) is 4.74 Å². The summed E-state index contributed by atoms with van der Waals surface area (Å²) in [5.74, 6) is -1.79. The number of amides is 1. The molecule has 1 fully saturated rings. The normalized spacial score (nSPS) is 15.1. The van der Waals surface area contributed by atoms with Crippen LogP contribution in [0.5, 0.6) is 5.75 Å². The fraction of sp³-hybridized carbons (Fsp3) is 0.529. The third-order valence-electron chi connectivity index (χ3n) is 3.74. The molecule has 2 rings (SSSR count). The van der Waals surface area contributed by atoms with Gasteiger partial charge in [0.05, 0.1) is 12.8 Å². The van der Waals surface area contributed by atoms with Crippen LogP contribution < -0.4 is 4.90 Å². The van der Waals surface area contributed by atoms with Gasteiger partial charge < -0.3 is 24.4 Å². The number of phenols is 1. The molecule has 1 aromatic rings. The van der Waals surface area contributed by atoms with E-state index in [4.69, 9.17) is 4.74 Å². The molecule has 0 bridgehead atoms. The minimum atomic E-state index is -0.808. The van der Waals surface area contributed by atoms with Crippen LogP contribution in [0.1, 0.15) is 31.1 Å². The van der Waals surface area contributed by atoms with Gasteiger partial charge in [-0.15, -0.1) is 0 Å². The number of nitrogens with zero attached hydrogens (tertiary/aromatic N) is 2. The fourth-order valence-corrected chi connectivity index (χ4v) is 2.52. The zero-order valence-corrected chi connectivity index (χ0v) is 14.8.